The van der Waals surface area contributed by atoms with Gasteiger partial charge in [-0.05, 0) is 64.6 Å². The van der Waals surface area contributed by atoms with Crippen molar-refractivity contribution in [2.75, 3.05) is 13.1 Å². The van der Waals surface area contributed by atoms with E-state index in [9.17, 15) is 18.0 Å². The van der Waals surface area contributed by atoms with Gasteiger partial charge in [0, 0.05) is 5.56 Å². The van der Waals surface area contributed by atoms with Crippen molar-refractivity contribution in [3.63, 3.8) is 0 Å². The van der Waals surface area contributed by atoms with Gasteiger partial charge in [-0.3, -0.25) is 4.79 Å². The lowest BCUT2D eigenvalue weighted by atomic mass is 9.87. The number of aryl methyl sites for hydroxylation is 2. The lowest BCUT2D eigenvalue weighted by molar-refractivity contribution is -0.120. The average molecular weight is 483 g/mol. The molecular formula is C25H33F3N2O4. The Hall–Kier alpha value is -2.65. The van der Waals surface area contributed by atoms with Gasteiger partial charge < -0.3 is 19.6 Å². The Kier molecular flexibility index (Phi) is 10.3. The maximum absolute atomic E-state index is 11.1. The third kappa shape index (κ3) is 9.30. The molecule has 1 fully saturated rings. The number of nitrogens with one attached hydrogen (secondary N) is 1. The standard InChI is InChI=1S/C22H30N2O3.C3H3F3O/c1-15-7-9-19(10-8-15)22-24-21(17(3)27-22)14-26-20-6-4-5-18(11-20)13-23-12-16(2)25;1-2(7)3(4,5)6/h7-10,18,20,23H,4-6,11-14H2,1-3H3;7H,1H2. The van der Waals surface area contributed by atoms with E-state index in [4.69, 9.17) is 14.3 Å². The van der Waals surface area contributed by atoms with Gasteiger partial charge in [0.15, 0.2) is 5.76 Å². The molecule has 6 nitrogen and oxygen atoms in total. The number of aliphatic hydroxyl groups is 1. The van der Waals surface area contributed by atoms with E-state index in [1.54, 1.807) is 6.92 Å². The number of ether oxygens (including phenoxy) is 1. The highest BCUT2D eigenvalue weighted by Crippen LogP contribution is 2.28. The molecule has 0 amide bonds. The number of aliphatic hydroxyl groups excluding tert-OH is 1. The Morgan fingerprint density at radius 3 is 2.50 bits per heavy atom. The van der Waals surface area contributed by atoms with E-state index in [0.717, 1.165) is 36.4 Å². The molecule has 0 bridgehead atoms. The van der Waals surface area contributed by atoms with Crippen LogP contribution in [-0.4, -0.2) is 41.2 Å². The third-order valence-corrected chi connectivity index (χ3v) is 5.52. The molecule has 1 aliphatic rings. The van der Waals surface area contributed by atoms with E-state index in [1.807, 2.05) is 19.1 Å². The minimum Gasteiger partial charge on any atom is -0.505 e. The van der Waals surface area contributed by atoms with E-state index < -0.39 is 11.9 Å². The number of allylic oxidation sites excluding steroid dienone is 1. The minimum absolute atomic E-state index is 0.185. The Morgan fingerprint density at radius 1 is 1.26 bits per heavy atom. The number of halogens is 3. The van der Waals surface area contributed by atoms with Crippen molar-refractivity contribution < 1.29 is 32.2 Å². The number of alkyl halides is 3. The molecule has 1 aromatic carbocycles. The number of hydrogen-bond acceptors (Lipinski definition) is 6. The van der Waals surface area contributed by atoms with Gasteiger partial charge in [0.25, 0.3) is 0 Å². The predicted octanol–water partition coefficient (Wildman–Crippen LogP) is 5.83. The fourth-order valence-electron chi connectivity index (χ4n) is 3.61. The summed E-state index contributed by atoms with van der Waals surface area (Å²) in [6.45, 7) is 9.72. The summed E-state index contributed by atoms with van der Waals surface area (Å²) in [6, 6.07) is 8.19. The number of hydrogen-bond donors (Lipinski definition) is 2. The van der Waals surface area contributed by atoms with Crippen LogP contribution in [0.15, 0.2) is 41.0 Å². The van der Waals surface area contributed by atoms with Crippen molar-refractivity contribution in [2.45, 2.75) is 65.3 Å². The largest absolute Gasteiger partial charge is 0.505 e. The quantitative estimate of drug-likeness (QED) is 0.461. The monoisotopic (exact) mass is 482 g/mol. The molecule has 0 saturated heterocycles. The molecule has 2 atom stereocenters. The van der Waals surface area contributed by atoms with Crippen molar-refractivity contribution in [3.05, 3.63) is 53.6 Å². The molecule has 1 aliphatic carbocycles. The first-order valence-electron chi connectivity index (χ1n) is 11.3. The molecule has 2 aromatic rings. The maximum atomic E-state index is 11.1. The molecular weight excluding hydrogens is 449 g/mol. The number of ketones is 1. The number of oxazole rings is 1. The average Bonchev–Trinajstić information content (AvgIpc) is 3.13. The highest BCUT2D eigenvalue weighted by molar-refractivity contribution is 5.77. The molecule has 0 spiro atoms. The van der Waals surface area contributed by atoms with Crippen molar-refractivity contribution in [3.8, 4) is 11.5 Å². The van der Waals surface area contributed by atoms with Gasteiger partial charge in [0.1, 0.15) is 17.2 Å². The third-order valence-electron chi connectivity index (χ3n) is 5.52. The number of benzene rings is 1. The fourth-order valence-corrected chi connectivity index (χ4v) is 3.61. The van der Waals surface area contributed by atoms with Crippen LogP contribution < -0.4 is 5.32 Å². The topological polar surface area (TPSA) is 84.6 Å². The van der Waals surface area contributed by atoms with Crippen LogP contribution in [0.5, 0.6) is 0 Å². The number of rotatable bonds is 8. The van der Waals surface area contributed by atoms with Crippen LogP contribution in [0, 0.1) is 19.8 Å². The fraction of sp³-hybridized carbons (Fsp3) is 0.520. The SMILES string of the molecule is C=C(O)C(F)(F)F.CC(=O)CNCC1CCCC(OCc2nc(-c3ccc(C)cc3)oc2C)C1. The highest BCUT2D eigenvalue weighted by Gasteiger charge is 2.31. The van der Waals surface area contributed by atoms with Crippen LogP contribution in [0.2, 0.25) is 0 Å². The number of aromatic nitrogens is 1. The molecule has 9 heteroatoms. The number of carbonyl (C=O) groups is 1. The summed E-state index contributed by atoms with van der Waals surface area (Å²) >= 11 is 0. The first-order chi connectivity index (χ1) is 16.0. The van der Waals surface area contributed by atoms with Gasteiger partial charge >= 0.3 is 6.18 Å². The summed E-state index contributed by atoms with van der Waals surface area (Å²) < 4.78 is 44.5. The molecule has 0 aliphatic heterocycles. The number of carbonyl (C=O) groups excluding carboxylic acids is 1. The zero-order chi connectivity index (χ0) is 25.3. The Bertz CT molecular complexity index is 939. The van der Waals surface area contributed by atoms with Crippen molar-refractivity contribution in [1.29, 1.82) is 0 Å². The normalized spacial score (nSPS) is 18.2. The van der Waals surface area contributed by atoms with Gasteiger partial charge in [0.2, 0.25) is 5.89 Å². The zero-order valence-electron chi connectivity index (χ0n) is 19.9. The Balaban J connectivity index is 0.000000509. The number of nitrogens with zero attached hydrogens (tertiary/aromatic N) is 1. The van der Waals surface area contributed by atoms with Crippen LogP contribution in [0.1, 0.15) is 49.6 Å². The molecule has 34 heavy (non-hydrogen) atoms. The van der Waals surface area contributed by atoms with Crippen LogP contribution in [0.4, 0.5) is 13.2 Å². The van der Waals surface area contributed by atoms with Gasteiger partial charge in [-0.25, -0.2) is 4.98 Å². The lowest BCUT2D eigenvalue weighted by Crippen LogP contribution is -2.32. The second-order valence-corrected chi connectivity index (χ2v) is 8.63. The Labute approximate surface area is 198 Å². The molecule has 2 unspecified atom stereocenters. The van der Waals surface area contributed by atoms with Crippen LogP contribution in [-0.2, 0) is 16.1 Å². The maximum Gasteiger partial charge on any atom is 0.448 e. The van der Waals surface area contributed by atoms with E-state index in [-0.39, 0.29) is 11.9 Å². The first-order valence-corrected chi connectivity index (χ1v) is 11.3. The lowest BCUT2D eigenvalue weighted by Gasteiger charge is -2.29. The minimum atomic E-state index is -4.64. The molecule has 1 heterocycles. The second-order valence-electron chi connectivity index (χ2n) is 8.63. The summed E-state index contributed by atoms with van der Waals surface area (Å²) in [5.74, 6) is 0.476. The highest BCUT2D eigenvalue weighted by atomic mass is 19.4. The van der Waals surface area contributed by atoms with Crippen molar-refractivity contribution >= 4 is 5.78 Å². The van der Waals surface area contributed by atoms with Gasteiger partial charge in [-0.2, -0.15) is 13.2 Å². The molecule has 1 saturated carbocycles. The molecule has 1 aromatic heterocycles. The molecule has 2 N–H and O–H groups in total. The van der Waals surface area contributed by atoms with E-state index in [0.29, 0.717) is 25.0 Å². The Morgan fingerprint density at radius 2 is 1.91 bits per heavy atom. The van der Waals surface area contributed by atoms with Crippen LogP contribution >= 0.6 is 0 Å². The van der Waals surface area contributed by atoms with E-state index >= 15 is 0 Å². The van der Waals surface area contributed by atoms with Gasteiger partial charge in [-0.15, -0.1) is 0 Å². The number of Topliss-reactive ketones (excluding diaryl/α,β-unsaturated/α-hetero) is 1. The summed E-state index contributed by atoms with van der Waals surface area (Å²) in [5.41, 5.74) is 3.09. The zero-order valence-corrected chi connectivity index (χ0v) is 19.9. The van der Waals surface area contributed by atoms with Gasteiger partial charge in [-0.1, -0.05) is 30.7 Å². The van der Waals surface area contributed by atoms with Crippen LogP contribution in [0.25, 0.3) is 11.5 Å². The molecule has 0 radical (unpaired) electrons. The molecule has 3 rings (SSSR count). The second kappa shape index (κ2) is 12.7. The summed E-state index contributed by atoms with van der Waals surface area (Å²) in [4.78, 5) is 15.7. The summed E-state index contributed by atoms with van der Waals surface area (Å²) in [5, 5.41) is 10.8. The van der Waals surface area contributed by atoms with Gasteiger partial charge in [0.05, 0.1) is 19.3 Å². The summed E-state index contributed by atoms with van der Waals surface area (Å²) in [7, 11) is 0. The van der Waals surface area contributed by atoms with Crippen molar-refractivity contribution in [1.82, 2.24) is 10.3 Å². The van der Waals surface area contributed by atoms with E-state index in [1.165, 1.54) is 18.4 Å². The van der Waals surface area contributed by atoms with E-state index in [2.05, 4.69) is 35.9 Å². The predicted molar refractivity (Wildman–Crippen MR) is 123 cm³/mol. The smallest absolute Gasteiger partial charge is 0.448 e. The molecule has 188 valence electrons. The summed E-state index contributed by atoms with van der Waals surface area (Å²) in [6.07, 6.45) is 0.105. The van der Waals surface area contributed by atoms with Crippen LogP contribution in [0.3, 0.4) is 0 Å². The van der Waals surface area contributed by atoms with Crippen molar-refractivity contribution in [2.24, 2.45) is 5.92 Å². The first kappa shape index (κ1) is 27.6.